The van der Waals surface area contributed by atoms with Crippen LogP contribution in [0.25, 0.3) is 0 Å². The number of fused-ring (bicyclic) bond motifs is 1. The van der Waals surface area contributed by atoms with Crippen LogP contribution in [0.2, 0.25) is 0 Å². The molecule has 1 aliphatic heterocycles. The van der Waals surface area contributed by atoms with Crippen molar-refractivity contribution in [3.8, 4) is 0 Å². The Bertz CT molecular complexity index is 1390. The molecule has 5 rings (SSSR count). The lowest BCUT2D eigenvalue weighted by Crippen LogP contribution is -2.62. The van der Waals surface area contributed by atoms with Gasteiger partial charge in [0.15, 0.2) is 0 Å². The Morgan fingerprint density at radius 1 is 0.898 bits per heavy atom. The fourth-order valence-electron chi connectivity index (χ4n) is 7.87. The van der Waals surface area contributed by atoms with Crippen LogP contribution in [0.15, 0.2) is 18.6 Å². The number of carbonyl (C=O) groups is 6. The number of hydrogen-bond acceptors (Lipinski definition) is 8. The maximum atomic E-state index is 14.6. The Hall–Kier alpha value is -3.90. The van der Waals surface area contributed by atoms with E-state index < -0.39 is 59.0 Å². The highest BCUT2D eigenvalue weighted by molar-refractivity contribution is 6.38. The Morgan fingerprint density at radius 2 is 1.63 bits per heavy atom. The average Bonchev–Trinajstić information content (AvgIpc) is 3.65. The van der Waals surface area contributed by atoms with Crippen LogP contribution >= 0.6 is 0 Å². The van der Waals surface area contributed by atoms with Crippen molar-refractivity contribution in [3.05, 3.63) is 24.3 Å². The topological polar surface area (TPSA) is 180 Å². The highest BCUT2D eigenvalue weighted by Crippen LogP contribution is 2.43. The minimum atomic E-state index is -0.994. The van der Waals surface area contributed by atoms with E-state index in [1.54, 1.807) is 4.90 Å². The van der Waals surface area contributed by atoms with Gasteiger partial charge in [0.05, 0.1) is 12.2 Å². The van der Waals surface area contributed by atoms with E-state index in [0.717, 1.165) is 64.2 Å². The Morgan fingerprint density at radius 3 is 2.27 bits per heavy atom. The lowest BCUT2D eigenvalue weighted by atomic mass is 9.82. The molecule has 0 bridgehead atoms. The van der Waals surface area contributed by atoms with Gasteiger partial charge in [-0.1, -0.05) is 59.8 Å². The van der Waals surface area contributed by atoms with Crippen molar-refractivity contribution in [2.24, 2.45) is 23.2 Å². The van der Waals surface area contributed by atoms with Gasteiger partial charge in [0, 0.05) is 25.0 Å². The molecule has 13 heteroatoms. The average molecular weight is 680 g/mol. The third-order valence-corrected chi connectivity index (χ3v) is 10.7. The van der Waals surface area contributed by atoms with Gasteiger partial charge in [-0.05, 0) is 68.1 Å². The standard InChI is InChI=1S/C36H53N7O6/c1-5-10-25(29(44)34(48)39-23-15-16-23)40-33(47)28-24-14-9-13-22(24)20-43(28)35(49)30(36(2,3)4)42-32(46)27(21-11-7-6-8-12-21)41-31(45)26-19-37-17-18-38-26/h17-19,21-25,27-28,30H,5-16,20H2,1-4H3,(H,39,48)(H,40,47)(H,41,45)(H,42,46)/t22?,24?,25?,27-,28-,30?/m0/s1. The van der Waals surface area contributed by atoms with Gasteiger partial charge in [-0.25, -0.2) is 4.98 Å². The first-order chi connectivity index (χ1) is 23.4. The molecule has 4 unspecified atom stereocenters. The first-order valence-corrected chi connectivity index (χ1v) is 18.2. The molecule has 3 saturated carbocycles. The lowest BCUT2D eigenvalue weighted by molar-refractivity contribution is -0.146. The highest BCUT2D eigenvalue weighted by Gasteiger charge is 2.52. The monoisotopic (exact) mass is 679 g/mol. The maximum absolute atomic E-state index is 14.6. The molecular weight excluding hydrogens is 626 g/mol. The van der Waals surface area contributed by atoms with Gasteiger partial charge in [-0.2, -0.15) is 0 Å². The summed E-state index contributed by atoms with van der Waals surface area (Å²) in [5.74, 6) is -3.20. The molecular formula is C36H53N7O6. The molecule has 0 aromatic carbocycles. The summed E-state index contributed by atoms with van der Waals surface area (Å²) < 4.78 is 0. The van der Waals surface area contributed by atoms with E-state index in [1.807, 2.05) is 27.7 Å². The van der Waals surface area contributed by atoms with Crippen LogP contribution < -0.4 is 21.3 Å². The SMILES string of the molecule is CCCC(NC(=O)[C@@H]1C2CCCC2CN1C(=O)C(NC(=O)[C@@H](NC(=O)c1cnccn1)C1CCCCC1)C(C)(C)C)C(=O)C(=O)NC1CC1. The summed E-state index contributed by atoms with van der Waals surface area (Å²) in [7, 11) is 0. The molecule has 0 radical (unpaired) electrons. The summed E-state index contributed by atoms with van der Waals surface area (Å²) in [4.78, 5) is 91.4. The summed E-state index contributed by atoms with van der Waals surface area (Å²) in [6.45, 7) is 7.85. The van der Waals surface area contributed by atoms with Crippen molar-refractivity contribution < 1.29 is 28.8 Å². The zero-order valence-electron chi connectivity index (χ0n) is 29.3. The smallest absolute Gasteiger partial charge is 0.289 e. The minimum Gasteiger partial charge on any atom is -0.347 e. The minimum absolute atomic E-state index is 0.0132. The van der Waals surface area contributed by atoms with E-state index in [9.17, 15) is 28.8 Å². The third-order valence-electron chi connectivity index (χ3n) is 10.7. The van der Waals surface area contributed by atoms with Gasteiger partial charge in [-0.3, -0.25) is 33.8 Å². The van der Waals surface area contributed by atoms with Crippen LogP contribution in [-0.4, -0.2) is 86.9 Å². The second-order valence-electron chi connectivity index (χ2n) is 15.5. The second kappa shape index (κ2) is 15.8. The molecule has 4 fully saturated rings. The lowest BCUT2D eigenvalue weighted by Gasteiger charge is -2.38. The maximum Gasteiger partial charge on any atom is 0.289 e. The number of likely N-dealkylation sites (tertiary alicyclic amines) is 1. The molecule has 4 N–H and O–H groups in total. The van der Waals surface area contributed by atoms with E-state index in [0.29, 0.717) is 19.4 Å². The zero-order valence-corrected chi connectivity index (χ0v) is 29.3. The second-order valence-corrected chi connectivity index (χ2v) is 15.5. The van der Waals surface area contributed by atoms with Crippen molar-refractivity contribution >= 4 is 35.3 Å². The van der Waals surface area contributed by atoms with Gasteiger partial charge >= 0.3 is 0 Å². The number of nitrogens with one attached hydrogen (secondary N) is 4. The van der Waals surface area contributed by atoms with Crippen LogP contribution in [0.5, 0.6) is 0 Å². The number of carbonyl (C=O) groups excluding carboxylic acids is 6. The van der Waals surface area contributed by atoms with Crippen LogP contribution in [0, 0.1) is 23.2 Å². The van der Waals surface area contributed by atoms with Gasteiger partial charge in [0.1, 0.15) is 23.8 Å². The van der Waals surface area contributed by atoms with Gasteiger partial charge in [-0.15, -0.1) is 0 Å². The number of aromatic nitrogens is 2. The van der Waals surface area contributed by atoms with Crippen molar-refractivity contribution in [3.63, 3.8) is 0 Å². The van der Waals surface area contributed by atoms with Crippen molar-refractivity contribution in [2.75, 3.05) is 6.54 Å². The van der Waals surface area contributed by atoms with Gasteiger partial charge in [0.25, 0.3) is 11.8 Å². The number of ketones is 1. The highest BCUT2D eigenvalue weighted by atomic mass is 16.2. The van der Waals surface area contributed by atoms with Crippen molar-refractivity contribution in [2.45, 2.75) is 135 Å². The van der Waals surface area contributed by atoms with E-state index in [4.69, 9.17) is 0 Å². The van der Waals surface area contributed by atoms with Crippen molar-refractivity contribution in [1.82, 2.24) is 36.1 Å². The van der Waals surface area contributed by atoms with Gasteiger partial charge in [0.2, 0.25) is 23.5 Å². The normalized spacial score (nSPS) is 24.2. The quantitative estimate of drug-likeness (QED) is 0.230. The molecule has 3 aliphatic carbocycles. The van der Waals surface area contributed by atoms with Crippen LogP contribution in [0.1, 0.15) is 115 Å². The molecule has 268 valence electrons. The molecule has 5 amide bonds. The van der Waals surface area contributed by atoms with Crippen molar-refractivity contribution in [1.29, 1.82) is 0 Å². The Balaban J connectivity index is 1.36. The summed E-state index contributed by atoms with van der Waals surface area (Å²) in [5.41, 5.74) is -0.638. The summed E-state index contributed by atoms with van der Waals surface area (Å²) in [6.07, 6.45) is 13.9. The molecule has 2 heterocycles. The summed E-state index contributed by atoms with van der Waals surface area (Å²) in [6, 6.07) is -3.68. The predicted octanol–water partition coefficient (Wildman–Crippen LogP) is 2.45. The predicted molar refractivity (Wildman–Crippen MR) is 181 cm³/mol. The van der Waals surface area contributed by atoms with E-state index in [2.05, 4.69) is 31.2 Å². The summed E-state index contributed by atoms with van der Waals surface area (Å²) in [5, 5.41) is 11.5. The first kappa shape index (κ1) is 36.4. The molecule has 1 aromatic heterocycles. The molecule has 13 nitrogen and oxygen atoms in total. The molecule has 1 saturated heterocycles. The molecule has 4 aliphatic rings. The van der Waals surface area contributed by atoms with Crippen LogP contribution in [0.3, 0.4) is 0 Å². The Labute approximate surface area is 288 Å². The van der Waals surface area contributed by atoms with Gasteiger partial charge < -0.3 is 26.2 Å². The molecule has 49 heavy (non-hydrogen) atoms. The molecule has 6 atom stereocenters. The molecule has 0 spiro atoms. The van der Waals surface area contributed by atoms with Crippen LogP contribution in [0.4, 0.5) is 0 Å². The largest absolute Gasteiger partial charge is 0.347 e. The molecule has 1 aromatic rings. The number of nitrogens with zero attached hydrogens (tertiary/aromatic N) is 3. The van der Waals surface area contributed by atoms with E-state index in [1.165, 1.54) is 18.6 Å². The number of hydrogen-bond donors (Lipinski definition) is 4. The Kier molecular flexibility index (Phi) is 11.7. The number of amides is 5. The van der Waals surface area contributed by atoms with E-state index >= 15 is 0 Å². The van der Waals surface area contributed by atoms with Crippen LogP contribution in [-0.2, 0) is 24.0 Å². The first-order valence-electron chi connectivity index (χ1n) is 18.2. The third kappa shape index (κ3) is 8.83. The van der Waals surface area contributed by atoms with E-state index in [-0.39, 0.29) is 35.4 Å². The zero-order chi connectivity index (χ0) is 35.3. The number of rotatable bonds is 13. The number of Topliss-reactive ketones (excluding diaryl/α,β-unsaturated/α-hetero) is 1. The fourth-order valence-corrected chi connectivity index (χ4v) is 7.87. The summed E-state index contributed by atoms with van der Waals surface area (Å²) >= 11 is 0. The fraction of sp³-hybridized carbons (Fsp3) is 0.722.